The Morgan fingerprint density at radius 1 is 1.19 bits per heavy atom. The SMILES string of the molecule is CN(C(=O)/C=C/c1ccccc1)C(C)(C)C. The zero-order valence-electron chi connectivity index (χ0n) is 10.4. The Morgan fingerprint density at radius 3 is 2.25 bits per heavy atom. The lowest BCUT2D eigenvalue weighted by Crippen LogP contribution is -2.41. The molecule has 0 aliphatic rings. The fourth-order valence-corrected chi connectivity index (χ4v) is 1.17. The number of hydrogen-bond donors (Lipinski definition) is 0. The van der Waals surface area contributed by atoms with Crippen LogP contribution >= 0.6 is 0 Å². The highest BCUT2D eigenvalue weighted by Crippen LogP contribution is 2.11. The van der Waals surface area contributed by atoms with E-state index in [-0.39, 0.29) is 11.4 Å². The number of likely N-dealkylation sites (N-methyl/N-ethyl adjacent to an activating group) is 1. The van der Waals surface area contributed by atoms with Crippen LogP contribution in [0.1, 0.15) is 26.3 Å². The van der Waals surface area contributed by atoms with E-state index in [9.17, 15) is 4.79 Å². The molecule has 86 valence electrons. The maximum absolute atomic E-state index is 11.8. The molecule has 0 aromatic heterocycles. The first-order valence-electron chi connectivity index (χ1n) is 5.42. The number of amides is 1. The van der Waals surface area contributed by atoms with E-state index < -0.39 is 0 Å². The molecule has 1 amide bonds. The minimum Gasteiger partial charge on any atom is -0.337 e. The zero-order valence-corrected chi connectivity index (χ0v) is 10.4. The number of hydrogen-bond acceptors (Lipinski definition) is 1. The molecule has 0 fully saturated rings. The fraction of sp³-hybridized carbons (Fsp3) is 0.357. The molecule has 0 N–H and O–H groups in total. The van der Waals surface area contributed by atoms with Crippen molar-refractivity contribution in [2.24, 2.45) is 0 Å². The maximum Gasteiger partial charge on any atom is 0.246 e. The van der Waals surface area contributed by atoms with Crippen molar-refractivity contribution in [3.63, 3.8) is 0 Å². The lowest BCUT2D eigenvalue weighted by molar-refractivity contribution is -0.128. The van der Waals surface area contributed by atoms with Crippen LogP contribution in [0.4, 0.5) is 0 Å². The van der Waals surface area contributed by atoms with Crippen molar-refractivity contribution in [2.45, 2.75) is 26.3 Å². The van der Waals surface area contributed by atoms with E-state index in [0.29, 0.717) is 0 Å². The van der Waals surface area contributed by atoms with Crippen LogP contribution in [-0.4, -0.2) is 23.4 Å². The molecule has 0 radical (unpaired) electrons. The molecule has 0 unspecified atom stereocenters. The van der Waals surface area contributed by atoms with Gasteiger partial charge in [-0.2, -0.15) is 0 Å². The zero-order chi connectivity index (χ0) is 12.2. The van der Waals surface area contributed by atoms with Gasteiger partial charge in [0.2, 0.25) is 5.91 Å². The van der Waals surface area contributed by atoms with Crippen LogP contribution in [0, 0.1) is 0 Å². The quantitative estimate of drug-likeness (QED) is 0.697. The minimum absolute atomic E-state index is 0.0244. The Hall–Kier alpha value is -1.57. The summed E-state index contributed by atoms with van der Waals surface area (Å²) in [5, 5.41) is 0. The first-order chi connectivity index (χ1) is 7.41. The van der Waals surface area contributed by atoms with Gasteiger partial charge in [0.05, 0.1) is 0 Å². The monoisotopic (exact) mass is 217 g/mol. The van der Waals surface area contributed by atoms with Crippen LogP contribution in [0.3, 0.4) is 0 Å². The van der Waals surface area contributed by atoms with Gasteiger partial charge in [-0.1, -0.05) is 30.3 Å². The van der Waals surface area contributed by atoms with Crippen LogP contribution in [0.5, 0.6) is 0 Å². The lowest BCUT2D eigenvalue weighted by atomic mass is 10.1. The summed E-state index contributed by atoms with van der Waals surface area (Å²) in [7, 11) is 1.82. The number of nitrogens with zero attached hydrogens (tertiary/aromatic N) is 1. The molecule has 0 heterocycles. The highest BCUT2D eigenvalue weighted by Gasteiger charge is 2.19. The van der Waals surface area contributed by atoms with Gasteiger partial charge >= 0.3 is 0 Å². The van der Waals surface area contributed by atoms with Crippen LogP contribution < -0.4 is 0 Å². The number of rotatable bonds is 2. The molecule has 2 heteroatoms. The summed E-state index contributed by atoms with van der Waals surface area (Å²) >= 11 is 0. The molecule has 1 rings (SSSR count). The summed E-state index contributed by atoms with van der Waals surface area (Å²) in [6.45, 7) is 6.05. The summed E-state index contributed by atoms with van der Waals surface area (Å²) in [5.41, 5.74) is 0.899. The van der Waals surface area contributed by atoms with Crippen LogP contribution in [-0.2, 0) is 4.79 Å². The molecule has 0 saturated heterocycles. The fourth-order valence-electron chi connectivity index (χ4n) is 1.17. The van der Waals surface area contributed by atoms with E-state index in [1.165, 1.54) is 0 Å². The Morgan fingerprint density at radius 2 is 1.75 bits per heavy atom. The third kappa shape index (κ3) is 3.54. The Bertz CT molecular complexity index is 373. The molecule has 16 heavy (non-hydrogen) atoms. The van der Waals surface area contributed by atoms with Gasteiger partial charge in [0.15, 0.2) is 0 Å². The molecule has 1 aromatic rings. The normalized spacial score (nSPS) is 11.8. The summed E-state index contributed by atoms with van der Waals surface area (Å²) in [6, 6.07) is 9.82. The van der Waals surface area contributed by atoms with E-state index in [0.717, 1.165) is 5.56 Å². The van der Waals surface area contributed by atoms with E-state index in [1.54, 1.807) is 11.0 Å². The Balaban J connectivity index is 2.69. The lowest BCUT2D eigenvalue weighted by Gasteiger charge is -2.31. The summed E-state index contributed by atoms with van der Waals surface area (Å²) in [5.74, 6) is 0.0244. The summed E-state index contributed by atoms with van der Waals surface area (Å²) in [6.07, 6.45) is 3.45. The van der Waals surface area contributed by atoms with Gasteiger partial charge in [-0.25, -0.2) is 0 Å². The summed E-state index contributed by atoms with van der Waals surface area (Å²) in [4.78, 5) is 13.5. The maximum atomic E-state index is 11.8. The molecular formula is C14H19NO. The first kappa shape index (κ1) is 12.5. The van der Waals surface area contributed by atoms with Crippen molar-refractivity contribution >= 4 is 12.0 Å². The predicted molar refractivity (Wildman–Crippen MR) is 68.0 cm³/mol. The van der Waals surface area contributed by atoms with Crippen LogP contribution in [0.2, 0.25) is 0 Å². The van der Waals surface area contributed by atoms with E-state index in [2.05, 4.69) is 0 Å². The third-order valence-electron chi connectivity index (χ3n) is 2.55. The number of benzene rings is 1. The van der Waals surface area contributed by atoms with Crippen molar-refractivity contribution < 1.29 is 4.79 Å². The molecule has 0 bridgehead atoms. The molecule has 0 saturated carbocycles. The molecule has 2 nitrogen and oxygen atoms in total. The molecule has 0 aliphatic carbocycles. The van der Waals surface area contributed by atoms with Crippen molar-refractivity contribution in [3.8, 4) is 0 Å². The molecule has 0 spiro atoms. The minimum atomic E-state index is -0.141. The van der Waals surface area contributed by atoms with Crippen LogP contribution in [0.25, 0.3) is 6.08 Å². The Kier molecular flexibility index (Phi) is 3.88. The van der Waals surface area contributed by atoms with Gasteiger partial charge in [-0.05, 0) is 32.4 Å². The Labute approximate surface area is 97.6 Å². The molecule has 0 aliphatic heterocycles. The second-order valence-corrected chi connectivity index (χ2v) is 4.81. The van der Waals surface area contributed by atoms with Gasteiger partial charge in [0.25, 0.3) is 0 Å². The number of carbonyl (C=O) groups excluding carboxylic acids is 1. The molecular weight excluding hydrogens is 198 g/mol. The number of carbonyl (C=O) groups is 1. The van der Waals surface area contributed by atoms with Crippen molar-refractivity contribution in [1.29, 1.82) is 0 Å². The van der Waals surface area contributed by atoms with E-state index in [1.807, 2.05) is 64.2 Å². The highest BCUT2D eigenvalue weighted by molar-refractivity contribution is 5.92. The van der Waals surface area contributed by atoms with Crippen molar-refractivity contribution in [3.05, 3.63) is 42.0 Å². The van der Waals surface area contributed by atoms with Gasteiger partial charge < -0.3 is 4.90 Å². The third-order valence-corrected chi connectivity index (χ3v) is 2.55. The molecule has 0 atom stereocenters. The average Bonchev–Trinajstić information content (AvgIpc) is 2.25. The average molecular weight is 217 g/mol. The van der Waals surface area contributed by atoms with Crippen molar-refractivity contribution in [2.75, 3.05) is 7.05 Å². The largest absolute Gasteiger partial charge is 0.337 e. The van der Waals surface area contributed by atoms with Gasteiger partial charge in [-0.3, -0.25) is 4.79 Å². The highest BCUT2D eigenvalue weighted by atomic mass is 16.2. The smallest absolute Gasteiger partial charge is 0.246 e. The van der Waals surface area contributed by atoms with Gasteiger partial charge in [-0.15, -0.1) is 0 Å². The standard InChI is InChI=1S/C14H19NO/c1-14(2,3)15(4)13(16)11-10-12-8-6-5-7-9-12/h5-11H,1-4H3/b11-10+. The second kappa shape index (κ2) is 4.97. The second-order valence-electron chi connectivity index (χ2n) is 4.81. The van der Waals surface area contributed by atoms with E-state index in [4.69, 9.17) is 0 Å². The summed E-state index contributed by atoms with van der Waals surface area (Å²) < 4.78 is 0. The topological polar surface area (TPSA) is 20.3 Å². The molecule has 1 aromatic carbocycles. The van der Waals surface area contributed by atoms with E-state index >= 15 is 0 Å². The van der Waals surface area contributed by atoms with Gasteiger partial charge in [0.1, 0.15) is 0 Å². The first-order valence-corrected chi connectivity index (χ1v) is 5.42. The van der Waals surface area contributed by atoms with Gasteiger partial charge in [0, 0.05) is 18.7 Å². The van der Waals surface area contributed by atoms with Crippen molar-refractivity contribution in [1.82, 2.24) is 4.90 Å². The predicted octanol–water partition coefficient (Wildman–Crippen LogP) is 2.96. The van der Waals surface area contributed by atoms with Crippen LogP contribution in [0.15, 0.2) is 36.4 Å².